The normalized spacial score (nSPS) is 14.7. The molecule has 9 nitrogen and oxygen atoms in total. The first-order valence-electron chi connectivity index (χ1n) is 9.72. The van der Waals surface area contributed by atoms with Gasteiger partial charge in [0.2, 0.25) is 11.8 Å². The number of carbonyl (C=O) groups is 3. The third kappa shape index (κ3) is 5.31. The first-order chi connectivity index (χ1) is 14.5. The smallest absolute Gasteiger partial charge is 0.274 e. The lowest BCUT2D eigenvalue weighted by Crippen LogP contribution is -2.51. The fourth-order valence-electron chi connectivity index (χ4n) is 3.37. The Kier molecular flexibility index (Phi) is 6.95. The van der Waals surface area contributed by atoms with Gasteiger partial charge in [0, 0.05) is 45.5 Å². The highest BCUT2D eigenvalue weighted by atomic mass is 16.5. The summed E-state index contributed by atoms with van der Waals surface area (Å²) < 4.78 is 5.16. The summed E-state index contributed by atoms with van der Waals surface area (Å²) in [5, 5.41) is 2.85. The fourth-order valence-corrected chi connectivity index (χ4v) is 3.37. The summed E-state index contributed by atoms with van der Waals surface area (Å²) in [6.07, 6.45) is 4.58. The van der Waals surface area contributed by atoms with Crippen molar-refractivity contribution in [3.05, 3.63) is 54.1 Å². The Hall–Kier alpha value is -3.49. The van der Waals surface area contributed by atoms with Crippen LogP contribution in [-0.2, 0) is 9.59 Å². The number of amides is 3. The molecule has 1 unspecified atom stereocenters. The van der Waals surface area contributed by atoms with Crippen LogP contribution in [0.5, 0.6) is 5.75 Å². The number of piperazine rings is 1. The van der Waals surface area contributed by atoms with Crippen molar-refractivity contribution in [2.75, 3.05) is 33.3 Å². The van der Waals surface area contributed by atoms with E-state index in [1.54, 1.807) is 29.0 Å². The fraction of sp³-hybridized carbons (Fsp3) is 0.381. The quantitative estimate of drug-likeness (QED) is 0.762. The third-order valence-electron chi connectivity index (χ3n) is 4.98. The average molecular weight is 411 g/mol. The summed E-state index contributed by atoms with van der Waals surface area (Å²) in [4.78, 5) is 48.3. The van der Waals surface area contributed by atoms with Crippen LogP contribution in [0.15, 0.2) is 42.9 Å². The van der Waals surface area contributed by atoms with Crippen LogP contribution < -0.4 is 10.1 Å². The Balaban J connectivity index is 1.59. The molecule has 0 radical (unpaired) electrons. The van der Waals surface area contributed by atoms with E-state index in [-0.39, 0.29) is 24.1 Å². The van der Waals surface area contributed by atoms with E-state index >= 15 is 0 Å². The van der Waals surface area contributed by atoms with Crippen LogP contribution in [-0.4, -0.2) is 70.8 Å². The summed E-state index contributed by atoms with van der Waals surface area (Å²) in [7, 11) is 1.58. The number of nitrogens with one attached hydrogen (secondary N) is 1. The highest BCUT2D eigenvalue weighted by Crippen LogP contribution is 2.22. The highest BCUT2D eigenvalue weighted by Gasteiger charge is 2.27. The van der Waals surface area contributed by atoms with Crippen molar-refractivity contribution in [3.63, 3.8) is 0 Å². The summed E-state index contributed by atoms with van der Waals surface area (Å²) in [5.74, 6) is 0.235. The van der Waals surface area contributed by atoms with Crippen molar-refractivity contribution in [2.45, 2.75) is 19.4 Å². The Bertz CT molecular complexity index is 880. The lowest BCUT2D eigenvalue weighted by atomic mass is 10.0. The van der Waals surface area contributed by atoms with Crippen molar-refractivity contribution >= 4 is 17.7 Å². The third-order valence-corrected chi connectivity index (χ3v) is 4.98. The van der Waals surface area contributed by atoms with Crippen molar-refractivity contribution < 1.29 is 19.1 Å². The summed E-state index contributed by atoms with van der Waals surface area (Å²) >= 11 is 0. The maximum Gasteiger partial charge on any atom is 0.274 e. The number of carbonyl (C=O) groups excluding carboxylic acids is 3. The van der Waals surface area contributed by atoms with Crippen LogP contribution in [0.25, 0.3) is 0 Å². The Morgan fingerprint density at radius 3 is 2.30 bits per heavy atom. The van der Waals surface area contributed by atoms with Gasteiger partial charge < -0.3 is 19.9 Å². The first-order valence-corrected chi connectivity index (χ1v) is 9.72. The molecule has 1 aromatic carbocycles. The van der Waals surface area contributed by atoms with E-state index < -0.39 is 6.04 Å². The van der Waals surface area contributed by atoms with Gasteiger partial charge in [-0.2, -0.15) is 0 Å². The molecule has 0 spiro atoms. The number of aromatic nitrogens is 2. The maximum absolute atomic E-state index is 12.9. The SMILES string of the molecule is COc1ccc(C(CC(=O)N2CCN(C(=O)c3cnccn3)CC2)NC(C)=O)cc1. The van der Waals surface area contributed by atoms with E-state index in [2.05, 4.69) is 15.3 Å². The monoisotopic (exact) mass is 411 g/mol. The number of rotatable bonds is 6. The lowest BCUT2D eigenvalue weighted by Gasteiger charge is -2.35. The standard InChI is InChI=1S/C21H25N5O4/c1-15(27)24-18(16-3-5-17(30-2)6-4-16)13-20(28)25-9-11-26(12-10-25)21(29)19-14-22-7-8-23-19/h3-8,14,18H,9-13H2,1-2H3,(H,24,27). The molecule has 1 aliphatic rings. The Morgan fingerprint density at radius 2 is 1.73 bits per heavy atom. The predicted octanol–water partition coefficient (Wildman–Crippen LogP) is 1.04. The van der Waals surface area contributed by atoms with Gasteiger partial charge in [0.1, 0.15) is 11.4 Å². The molecule has 1 fully saturated rings. The molecule has 2 heterocycles. The van der Waals surface area contributed by atoms with E-state index in [4.69, 9.17) is 4.74 Å². The van der Waals surface area contributed by atoms with Gasteiger partial charge in [-0.15, -0.1) is 0 Å². The first kappa shape index (κ1) is 21.2. The highest BCUT2D eigenvalue weighted by molar-refractivity contribution is 5.92. The van der Waals surface area contributed by atoms with E-state index in [0.717, 1.165) is 5.56 Å². The van der Waals surface area contributed by atoms with Crippen molar-refractivity contribution in [1.29, 1.82) is 0 Å². The molecule has 30 heavy (non-hydrogen) atoms. The van der Waals surface area contributed by atoms with Crippen LogP contribution in [0.3, 0.4) is 0 Å². The molecule has 0 bridgehead atoms. The lowest BCUT2D eigenvalue weighted by molar-refractivity contribution is -0.133. The molecular formula is C21H25N5O4. The van der Waals surface area contributed by atoms with Crippen LogP contribution >= 0.6 is 0 Å². The minimum absolute atomic E-state index is 0.0730. The van der Waals surface area contributed by atoms with Gasteiger partial charge >= 0.3 is 0 Å². The molecular weight excluding hydrogens is 386 g/mol. The Labute approximate surface area is 175 Å². The zero-order chi connectivity index (χ0) is 21.5. The number of hydrogen-bond donors (Lipinski definition) is 1. The van der Waals surface area contributed by atoms with Crippen LogP contribution in [0.1, 0.15) is 35.4 Å². The predicted molar refractivity (Wildman–Crippen MR) is 109 cm³/mol. The second kappa shape index (κ2) is 9.82. The van der Waals surface area contributed by atoms with E-state index in [1.165, 1.54) is 25.5 Å². The number of benzene rings is 1. The van der Waals surface area contributed by atoms with Gasteiger partial charge in [0.05, 0.1) is 25.8 Å². The molecule has 3 amide bonds. The minimum atomic E-state index is -0.430. The molecule has 3 rings (SSSR count). The van der Waals surface area contributed by atoms with Crippen molar-refractivity contribution in [1.82, 2.24) is 25.1 Å². The van der Waals surface area contributed by atoms with Crippen molar-refractivity contribution in [3.8, 4) is 5.75 Å². The summed E-state index contributed by atoms with van der Waals surface area (Å²) in [5.41, 5.74) is 1.12. The molecule has 1 atom stereocenters. The van der Waals surface area contributed by atoms with Crippen LogP contribution in [0.2, 0.25) is 0 Å². The van der Waals surface area contributed by atoms with Gasteiger partial charge in [-0.25, -0.2) is 4.98 Å². The average Bonchev–Trinajstić information content (AvgIpc) is 2.78. The minimum Gasteiger partial charge on any atom is -0.497 e. The van der Waals surface area contributed by atoms with Crippen LogP contribution in [0, 0.1) is 0 Å². The van der Waals surface area contributed by atoms with Gasteiger partial charge in [-0.3, -0.25) is 19.4 Å². The van der Waals surface area contributed by atoms with Gasteiger partial charge in [-0.05, 0) is 17.7 Å². The van der Waals surface area contributed by atoms with Gasteiger partial charge in [-0.1, -0.05) is 12.1 Å². The molecule has 1 saturated heterocycles. The van der Waals surface area contributed by atoms with Gasteiger partial charge in [0.15, 0.2) is 0 Å². The molecule has 9 heteroatoms. The molecule has 1 N–H and O–H groups in total. The number of methoxy groups -OCH3 is 1. The van der Waals surface area contributed by atoms with Gasteiger partial charge in [0.25, 0.3) is 5.91 Å². The molecule has 2 aromatic rings. The van der Waals surface area contributed by atoms with Crippen LogP contribution in [0.4, 0.5) is 0 Å². The number of nitrogens with zero attached hydrogens (tertiary/aromatic N) is 4. The molecule has 0 aliphatic carbocycles. The molecule has 0 saturated carbocycles. The Morgan fingerprint density at radius 1 is 1.07 bits per heavy atom. The van der Waals surface area contributed by atoms with E-state index in [9.17, 15) is 14.4 Å². The van der Waals surface area contributed by atoms with Crippen molar-refractivity contribution in [2.24, 2.45) is 0 Å². The zero-order valence-corrected chi connectivity index (χ0v) is 17.1. The van der Waals surface area contributed by atoms with E-state index in [1.807, 2.05) is 12.1 Å². The molecule has 1 aromatic heterocycles. The molecule has 1 aliphatic heterocycles. The summed E-state index contributed by atoms with van der Waals surface area (Å²) in [6, 6.07) is 6.84. The maximum atomic E-state index is 12.9. The number of ether oxygens (including phenoxy) is 1. The molecule has 158 valence electrons. The zero-order valence-electron chi connectivity index (χ0n) is 17.1. The second-order valence-electron chi connectivity index (χ2n) is 6.99. The topological polar surface area (TPSA) is 105 Å². The second-order valence-corrected chi connectivity index (χ2v) is 6.99. The largest absolute Gasteiger partial charge is 0.497 e. The summed E-state index contributed by atoms with van der Waals surface area (Å²) in [6.45, 7) is 3.14. The number of hydrogen-bond acceptors (Lipinski definition) is 6. The van der Waals surface area contributed by atoms with E-state index in [0.29, 0.717) is 37.6 Å².